The van der Waals surface area contributed by atoms with Gasteiger partial charge in [-0.25, -0.2) is 5.48 Å². The topological polar surface area (TPSA) is 78.4 Å². The van der Waals surface area contributed by atoms with Crippen LogP contribution in [0.5, 0.6) is 0 Å². The molecule has 5 nitrogen and oxygen atoms in total. The van der Waals surface area contributed by atoms with Crippen molar-refractivity contribution < 1.29 is 14.8 Å². The summed E-state index contributed by atoms with van der Waals surface area (Å²) in [5.74, 6) is -0.602. The molecule has 2 rings (SSSR count). The number of aryl methyl sites for hydroxylation is 1. The molecule has 3 N–H and O–H groups in total. The highest BCUT2D eigenvalue weighted by molar-refractivity contribution is 7.98. The smallest absolute Gasteiger partial charge is 0.266 e. The first-order valence-corrected chi connectivity index (χ1v) is 9.91. The summed E-state index contributed by atoms with van der Waals surface area (Å²) < 4.78 is 0. The summed E-state index contributed by atoms with van der Waals surface area (Å²) in [4.78, 5) is 23.9. The number of hydrogen-bond donors (Lipinski definition) is 3. The van der Waals surface area contributed by atoms with Gasteiger partial charge in [0.05, 0.1) is 0 Å². The minimum Gasteiger partial charge on any atom is -0.339 e. The molecule has 0 unspecified atom stereocenters. The predicted octanol–water partition coefficient (Wildman–Crippen LogP) is 3.27. The average molecular weight is 372 g/mol. The molecule has 26 heavy (non-hydrogen) atoms. The molecule has 0 aromatic heterocycles. The third kappa shape index (κ3) is 5.34. The molecule has 2 aromatic carbocycles. The molecule has 0 saturated heterocycles. The summed E-state index contributed by atoms with van der Waals surface area (Å²) in [5, 5.41) is 11.4. The zero-order valence-electron chi connectivity index (χ0n) is 15.0. The number of amides is 2. The van der Waals surface area contributed by atoms with Gasteiger partial charge in [0.1, 0.15) is 6.04 Å². The van der Waals surface area contributed by atoms with Gasteiger partial charge in [0.2, 0.25) is 0 Å². The quantitative estimate of drug-likeness (QED) is 0.491. The molecule has 138 valence electrons. The van der Waals surface area contributed by atoms with Crippen molar-refractivity contribution in [2.24, 2.45) is 0 Å². The van der Waals surface area contributed by atoms with Crippen LogP contribution in [0.1, 0.15) is 29.3 Å². The molecular formula is C20H24N2O3S. The summed E-state index contributed by atoms with van der Waals surface area (Å²) in [6, 6.07) is 14.9. The zero-order chi connectivity index (χ0) is 18.9. The van der Waals surface area contributed by atoms with Crippen molar-refractivity contribution in [3.05, 3.63) is 59.7 Å². The second-order valence-corrected chi connectivity index (χ2v) is 6.89. The van der Waals surface area contributed by atoms with E-state index in [9.17, 15) is 9.59 Å². The third-order valence-electron chi connectivity index (χ3n) is 4.04. The van der Waals surface area contributed by atoms with Gasteiger partial charge in [-0.2, -0.15) is 11.8 Å². The molecule has 0 heterocycles. The van der Waals surface area contributed by atoms with E-state index in [1.165, 1.54) is 17.3 Å². The van der Waals surface area contributed by atoms with Crippen LogP contribution in [0.3, 0.4) is 0 Å². The summed E-state index contributed by atoms with van der Waals surface area (Å²) in [5.41, 5.74) is 5.48. The molecule has 2 aromatic rings. The Morgan fingerprint density at radius 2 is 1.62 bits per heavy atom. The van der Waals surface area contributed by atoms with Gasteiger partial charge in [-0.15, -0.1) is 0 Å². The van der Waals surface area contributed by atoms with Gasteiger partial charge in [0, 0.05) is 11.3 Å². The molecule has 6 heteroatoms. The minimum absolute atomic E-state index is 0.350. The predicted molar refractivity (Wildman–Crippen MR) is 105 cm³/mol. The average Bonchev–Trinajstić information content (AvgIpc) is 2.68. The van der Waals surface area contributed by atoms with Crippen molar-refractivity contribution in [3.8, 4) is 11.1 Å². The second-order valence-electron chi connectivity index (χ2n) is 5.98. The lowest BCUT2D eigenvalue weighted by Gasteiger charge is -2.15. The number of carbonyl (C=O) groups is 2. The van der Waals surface area contributed by atoms with Crippen LogP contribution in [-0.4, -0.2) is 35.1 Å². The largest absolute Gasteiger partial charge is 0.339 e. The van der Waals surface area contributed by atoms with E-state index in [1.54, 1.807) is 17.6 Å². The lowest BCUT2D eigenvalue weighted by Crippen LogP contribution is -2.47. The van der Waals surface area contributed by atoms with E-state index in [0.29, 0.717) is 11.3 Å². The molecule has 0 radical (unpaired) electrons. The van der Waals surface area contributed by atoms with Gasteiger partial charge >= 0.3 is 0 Å². The van der Waals surface area contributed by atoms with Crippen molar-refractivity contribution in [3.63, 3.8) is 0 Å². The zero-order valence-corrected chi connectivity index (χ0v) is 15.8. The van der Waals surface area contributed by atoms with Crippen LogP contribution in [0.15, 0.2) is 48.5 Å². The van der Waals surface area contributed by atoms with E-state index in [2.05, 4.69) is 36.5 Å². The van der Waals surface area contributed by atoms with Crippen molar-refractivity contribution in [2.75, 3.05) is 12.0 Å². The van der Waals surface area contributed by atoms with Gasteiger partial charge < -0.3 is 5.32 Å². The Labute approximate surface area is 158 Å². The lowest BCUT2D eigenvalue weighted by atomic mass is 10.0. The fourth-order valence-corrected chi connectivity index (χ4v) is 3.20. The number of carbonyl (C=O) groups excluding carboxylic acids is 2. The number of hydroxylamine groups is 1. The molecule has 2 amide bonds. The van der Waals surface area contributed by atoms with Crippen LogP contribution in [0, 0.1) is 0 Å². The number of thioether (sulfide) groups is 1. The highest BCUT2D eigenvalue weighted by Gasteiger charge is 2.20. The molecule has 0 bridgehead atoms. The summed E-state index contributed by atoms with van der Waals surface area (Å²) >= 11 is 1.41. The standard InChI is InChI=1S/C20H24N2O3S/c1-3-4-14-5-7-15(8-6-14)16-9-11-17(12-10-16)19(23)21-18(13-26-2)20(24)22-25/h5-12,18,25H,3-4,13H2,1-2H3,(H,21,23)(H,22,24)/t18-/m1/s1. The lowest BCUT2D eigenvalue weighted by molar-refractivity contribution is -0.130. The Bertz CT molecular complexity index is 730. The first kappa shape index (κ1) is 20.0. The van der Waals surface area contributed by atoms with Crippen molar-refractivity contribution in [1.29, 1.82) is 0 Å². The van der Waals surface area contributed by atoms with E-state index < -0.39 is 11.9 Å². The Hall–Kier alpha value is -2.31. The number of benzene rings is 2. The molecule has 1 atom stereocenters. The first-order valence-electron chi connectivity index (χ1n) is 8.52. The Kier molecular flexibility index (Phi) is 7.69. The summed E-state index contributed by atoms with van der Waals surface area (Å²) in [7, 11) is 0. The SMILES string of the molecule is CCCc1ccc(-c2ccc(C(=O)N[C@H](CSC)C(=O)NO)cc2)cc1. The monoisotopic (exact) mass is 372 g/mol. The van der Waals surface area contributed by atoms with Gasteiger partial charge in [-0.3, -0.25) is 14.8 Å². The van der Waals surface area contributed by atoms with Crippen LogP contribution in [-0.2, 0) is 11.2 Å². The van der Waals surface area contributed by atoms with Gasteiger partial charge in [0.15, 0.2) is 0 Å². The van der Waals surface area contributed by atoms with E-state index in [4.69, 9.17) is 5.21 Å². The van der Waals surface area contributed by atoms with Gasteiger partial charge in [-0.05, 0) is 41.5 Å². The van der Waals surface area contributed by atoms with Crippen LogP contribution >= 0.6 is 11.8 Å². The second kappa shape index (κ2) is 9.99. The highest BCUT2D eigenvalue weighted by atomic mass is 32.2. The number of hydrogen-bond acceptors (Lipinski definition) is 4. The van der Waals surface area contributed by atoms with Crippen LogP contribution in [0.25, 0.3) is 11.1 Å². The summed E-state index contributed by atoms with van der Waals surface area (Å²) in [6.07, 6.45) is 4.01. The Morgan fingerprint density at radius 1 is 1.04 bits per heavy atom. The number of nitrogens with one attached hydrogen (secondary N) is 2. The molecule has 0 aliphatic heterocycles. The maximum absolute atomic E-state index is 12.3. The molecule has 0 aliphatic rings. The third-order valence-corrected chi connectivity index (χ3v) is 4.71. The van der Waals surface area contributed by atoms with Crippen LogP contribution in [0.4, 0.5) is 0 Å². The Morgan fingerprint density at radius 3 is 2.12 bits per heavy atom. The van der Waals surface area contributed by atoms with Crippen LogP contribution in [0.2, 0.25) is 0 Å². The summed E-state index contributed by atoms with van der Waals surface area (Å²) in [6.45, 7) is 2.16. The van der Waals surface area contributed by atoms with E-state index in [-0.39, 0.29) is 5.91 Å². The number of rotatable bonds is 8. The van der Waals surface area contributed by atoms with Crippen molar-refractivity contribution >= 4 is 23.6 Å². The van der Waals surface area contributed by atoms with Gasteiger partial charge in [0.25, 0.3) is 11.8 Å². The molecule has 0 spiro atoms. The van der Waals surface area contributed by atoms with E-state index in [0.717, 1.165) is 24.0 Å². The molecule has 0 saturated carbocycles. The normalized spacial score (nSPS) is 11.7. The first-order chi connectivity index (χ1) is 12.6. The molecule has 0 fully saturated rings. The molecule has 0 aliphatic carbocycles. The van der Waals surface area contributed by atoms with Gasteiger partial charge in [-0.1, -0.05) is 49.7 Å². The van der Waals surface area contributed by atoms with E-state index in [1.807, 2.05) is 18.4 Å². The van der Waals surface area contributed by atoms with Crippen molar-refractivity contribution in [2.45, 2.75) is 25.8 Å². The van der Waals surface area contributed by atoms with Crippen LogP contribution < -0.4 is 10.8 Å². The molecular weight excluding hydrogens is 348 g/mol. The fraction of sp³-hybridized carbons (Fsp3) is 0.300. The Balaban J connectivity index is 2.08. The highest BCUT2D eigenvalue weighted by Crippen LogP contribution is 2.21. The van der Waals surface area contributed by atoms with Crippen molar-refractivity contribution in [1.82, 2.24) is 10.8 Å². The van der Waals surface area contributed by atoms with E-state index >= 15 is 0 Å². The maximum atomic E-state index is 12.3. The minimum atomic E-state index is -0.784. The fourth-order valence-electron chi connectivity index (χ4n) is 2.64. The maximum Gasteiger partial charge on any atom is 0.266 e.